The molecule has 1 heterocycles. The molecular weight excluding hydrogens is 407 g/mol. The Morgan fingerprint density at radius 1 is 1.03 bits per heavy atom. The van der Waals surface area contributed by atoms with E-state index in [1.807, 2.05) is 0 Å². The van der Waals surface area contributed by atoms with Crippen molar-refractivity contribution in [3.63, 3.8) is 0 Å². The second kappa shape index (κ2) is 8.45. The molecule has 2 fully saturated rings. The minimum absolute atomic E-state index is 0.183. The zero-order valence-corrected chi connectivity index (χ0v) is 17.5. The average Bonchev–Trinajstić information content (AvgIpc) is 3.26. The Labute approximate surface area is 176 Å². The summed E-state index contributed by atoms with van der Waals surface area (Å²) in [6.07, 6.45) is 3.12. The van der Waals surface area contributed by atoms with E-state index in [2.05, 4.69) is 5.32 Å². The van der Waals surface area contributed by atoms with E-state index in [9.17, 15) is 17.6 Å². The Morgan fingerprint density at radius 3 is 2.33 bits per heavy atom. The number of hydrogen-bond donors (Lipinski definition) is 1. The van der Waals surface area contributed by atoms with Crippen molar-refractivity contribution in [2.45, 2.75) is 36.0 Å². The second-order valence-electron chi connectivity index (χ2n) is 7.79. The van der Waals surface area contributed by atoms with Gasteiger partial charge in [0.25, 0.3) is 0 Å². The number of hydrogen-bond acceptors (Lipinski definition) is 4. The largest absolute Gasteiger partial charge is 0.379 e. The third-order valence-electron chi connectivity index (χ3n) is 5.99. The van der Waals surface area contributed by atoms with E-state index in [-0.39, 0.29) is 16.6 Å². The molecule has 0 spiro atoms. The van der Waals surface area contributed by atoms with Crippen molar-refractivity contribution in [2.75, 3.05) is 31.6 Å². The summed E-state index contributed by atoms with van der Waals surface area (Å²) >= 11 is 0. The molecule has 4 rings (SSSR count). The van der Waals surface area contributed by atoms with Crippen molar-refractivity contribution in [1.82, 2.24) is 4.31 Å². The number of carbonyl (C=O) groups excluding carboxylic acids is 1. The first-order valence-electron chi connectivity index (χ1n) is 10.2. The van der Waals surface area contributed by atoms with Gasteiger partial charge >= 0.3 is 0 Å². The lowest BCUT2D eigenvalue weighted by Crippen LogP contribution is -2.40. The molecule has 6 nitrogen and oxygen atoms in total. The number of sulfonamides is 1. The Kier molecular flexibility index (Phi) is 5.90. The first kappa shape index (κ1) is 21.0. The number of nitrogens with zero attached hydrogens (tertiary/aromatic N) is 1. The highest BCUT2D eigenvalue weighted by Crippen LogP contribution is 2.42. The predicted octanol–water partition coefficient (Wildman–Crippen LogP) is 3.30. The van der Waals surface area contributed by atoms with Crippen LogP contribution in [-0.2, 0) is 25.0 Å². The summed E-state index contributed by atoms with van der Waals surface area (Å²) in [4.78, 5) is 13.4. The molecule has 1 aliphatic heterocycles. The van der Waals surface area contributed by atoms with Crippen LogP contribution in [0.3, 0.4) is 0 Å². The maximum Gasteiger partial charge on any atom is 0.243 e. The van der Waals surface area contributed by atoms with Gasteiger partial charge in [0.05, 0.1) is 23.5 Å². The molecule has 1 N–H and O–H groups in total. The zero-order chi connectivity index (χ0) is 21.2. The number of anilines is 1. The zero-order valence-electron chi connectivity index (χ0n) is 16.6. The first-order chi connectivity index (χ1) is 14.4. The van der Waals surface area contributed by atoms with Crippen molar-refractivity contribution < 1.29 is 22.3 Å². The van der Waals surface area contributed by atoms with Crippen LogP contribution in [0.2, 0.25) is 0 Å². The minimum atomic E-state index is -3.58. The Bertz CT molecular complexity index is 1010. The fourth-order valence-electron chi connectivity index (χ4n) is 4.31. The van der Waals surface area contributed by atoms with Crippen LogP contribution in [-0.4, -0.2) is 44.9 Å². The molecule has 1 saturated heterocycles. The van der Waals surface area contributed by atoms with Gasteiger partial charge in [0.1, 0.15) is 5.82 Å². The van der Waals surface area contributed by atoms with Gasteiger partial charge in [-0.15, -0.1) is 0 Å². The van der Waals surface area contributed by atoms with E-state index in [1.54, 1.807) is 24.3 Å². The molecule has 2 aromatic carbocycles. The molecule has 160 valence electrons. The van der Waals surface area contributed by atoms with Gasteiger partial charge in [0.2, 0.25) is 15.9 Å². The summed E-state index contributed by atoms with van der Waals surface area (Å²) < 4.78 is 45.9. The third-order valence-corrected chi connectivity index (χ3v) is 7.90. The Morgan fingerprint density at radius 2 is 1.70 bits per heavy atom. The van der Waals surface area contributed by atoms with Crippen molar-refractivity contribution in [3.05, 3.63) is 59.9 Å². The molecule has 2 aromatic rings. The molecule has 30 heavy (non-hydrogen) atoms. The number of amides is 1. The lowest BCUT2D eigenvalue weighted by atomic mass is 9.78. The predicted molar refractivity (Wildman–Crippen MR) is 111 cm³/mol. The highest BCUT2D eigenvalue weighted by molar-refractivity contribution is 7.89. The summed E-state index contributed by atoms with van der Waals surface area (Å²) in [5.74, 6) is -0.543. The van der Waals surface area contributed by atoms with Gasteiger partial charge in [-0.1, -0.05) is 25.0 Å². The maximum absolute atomic E-state index is 13.8. The van der Waals surface area contributed by atoms with Gasteiger partial charge in [-0.3, -0.25) is 4.79 Å². The number of nitrogens with one attached hydrogen (secondary N) is 1. The van der Waals surface area contributed by atoms with Crippen LogP contribution < -0.4 is 5.32 Å². The van der Waals surface area contributed by atoms with Crippen molar-refractivity contribution in [3.8, 4) is 0 Å². The lowest BCUT2D eigenvalue weighted by molar-refractivity contribution is -0.121. The summed E-state index contributed by atoms with van der Waals surface area (Å²) in [7, 11) is -3.58. The molecule has 8 heteroatoms. The minimum Gasteiger partial charge on any atom is -0.379 e. The Balaban J connectivity index is 1.53. The standard InChI is InChI=1S/C22H25FN2O4S/c23-18-5-3-4-17(16-18)22(10-1-2-11-22)21(26)24-19-6-8-20(9-7-19)30(27,28)25-12-14-29-15-13-25/h3-9,16H,1-2,10-15H2,(H,24,26). The topological polar surface area (TPSA) is 75.7 Å². The van der Waals surface area contributed by atoms with E-state index in [0.29, 0.717) is 50.4 Å². The molecule has 0 bridgehead atoms. The maximum atomic E-state index is 13.8. The number of benzene rings is 2. The molecule has 2 aliphatic rings. The molecular formula is C22H25FN2O4S. The molecule has 0 unspecified atom stereocenters. The van der Waals surface area contributed by atoms with E-state index in [1.165, 1.54) is 28.6 Å². The van der Waals surface area contributed by atoms with Gasteiger partial charge < -0.3 is 10.1 Å². The van der Waals surface area contributed by atoms with Gasteiger partial charge in [0, 0.05) is 18.8 Å². The van der Waals surface area contributed by atoms with Crippen LogP contribution >= 0.6 is 0 Å². The van der Waals surface area contributed by atoms with E-state index < -0.39 is 15.4 Å². The molecule has 1 amide bonds. The SMILES string of the molecule is O=C(Nc1ccc(S(=O)(=O)N2CCOCC2)cc1)C1(c2cccc(F)c2)CCCC1. The van der Waals surface area contributed by atoms with Crippen molar-refractivity contribution >= 4 is 21.6 Å². The third kappa shape index (κ3) is 3.99. The van der Waals surface area contributed by atoms with E-state index in [0.717, 1.165) is 12.8 Å². The van der Waals surface area contributed by atoms with Gasteiger partial charge in [-0.05, 0) is 54.8 Å². The highest BCUT2D eigenvalue weighted by atomic mass is 32.2. The number of rotatable bonds is 5. The summed E-state index contributed by atoms with van der Waals surface area (Å²) in [5, 5.41) is 2.91. The fraction of sp³-hybridized carbons (Fsp3) is 0.409. The second-order valence-corrected chi connectivity index (χ2v) is 9.73. The van der Waals surface area contributed by atoms with Gasteiger partial charge in [-0.2, -0.15) is 4.31 Å². The fourth-order valence-corrected chi connectivity index (χ4v) is 5.72. The van der Waals surface area contributed by atoms with Crippen LogP contribution in [0, 0.1) is 5.82 Å². The number of carbonyl (C=O) groups is 1. The van der Waals surface area contributed by atoms with Gasteiger partial charge in [0.15, 0.2) is 0 Å². The van der Waals surface area contributed by atoms with E-state index in [4.69, 9.17) is 4.74 Å². The molecule has 0 radical (unpaired) electrons. The summed E-state index contributed by atoms with van der Waals surface area (Å²) in [6.45, 7) is 1.43. The van der Waals surface area contributed by atoms with Crippen LogP contribution in [0.5, 0.6) is 0 Å². The number of ether oxygens (including phenoxy) is 1. The molecule has 1 saturated carbocycles. The normalized spacial score (nSPS) is 19.5. The van der Waals surface area contributed by atoms with Crippen LogP contribution in [0.25, 0.3) is 0 Å². The number of halogens is 1. The van der Waals surface area contributed by atoms with Crippen molar-refractivity contribution in [1.29, 1.82) is 0 Å². The molecule has 0 atom stereocenters. The molecule has 0 aromatic heterocycles. The molecule has 1 aliphatic carbocycles. The van der Waals surface area contributed by atoms with Gasteiger partial charge in [-0.25, -0.2) is 12.8 Å². The summed E-state index contributed by atoms with van der Waals surface area (Å²) in [6, 6.07) is 12.4. The highest BCUT2D eigenvalue weighted by Gasteiger charge is 2.43. The quantitative estimate of drug-likeness (QED) is 0.787. The smallest absolute Gasteiger partial charge is 0.243 e. The lowest BCUT2D eigenvalue weighted by Gasteiger charge is -2.28. The Hall–Kier alpha value is -2.29. The van der Waals surface area contributed by atoms with Crippen LogP contribution in [0.4, 0.5) is 10.1 Å². The monoisotopic (exact) mass is 432 g/mol. The number of morpholine rings is 1. The van der Waals surface area contributed by atoms with Crippen LogP contribution in [0.1, 0.15) is 31.2 Å². The average molecular weight is 433 g/mol. The first-order valence-corrected chi connectivity index (χ1v) is 11.6. The van der Waals surface area contributed by atoms with Crippen molar-refractivity contribution in [2.24, 2.45) is 0 Å². The summed E-state index contributed by atoms with van der Waals surface area (Å²) in [5.41, 5.74) is 0.438. The van der Waals surface area contributed by atoms with Crippen LogP contribution in [0.15, 0.2) is 53.4 Å². The van der Waals surface area contributed by atoms with E-state index >= 15 is 0 Å².